The van der Waals surface area contributed by atoms with Crippen LogP contribution in [-0.2, 0) is 11.3 Å². The van der Waals surface area contributed by atoms with Gasteiger partial charge in [0, 0.05) is 36.4 Å². The van der Waals surface area contributed by atoms with E-state index in [1.807, 2.05) is 72.8 Å². The van der Waals surface area contributed by atoms with E-state index in [9.17, 15) is 14.4 Å². The second-order valence-electron chi connectivity index (χ2n) is 9.08. The van der Waals surface area contributed by atoms with Crippen LogP contribution in [0, 0.1) is 0 Å². The second kappa shape index (κ2) is 11.5. The van der Waals surface area contributed by atoms with Crippen molar-refractivity contribution in [2.45, 2.75) is 13.0 Å². The number of Topliss-reactive ketones (excluding diaryl/α,β-unsaturated/α-hetero) is 1. The van der Waals surface area contributed by atoms with Gasteiger partial charge in [-0.2, -0.15) is 0 Å². The van der Waals surface area contributed by atoms with Crippen LogP contribution in [0.4, 0.5) is 11.4 Å². The molecule has 0 unspecified atom stereocenters. The van der Waals surface area contributed by atoms with Crippen molar-refractivity contribution >= 4 is 39.7 Å². The molecule has 0 saturated heterocycles. The van der Waals surface area contributed by atoms with E-state index >= 15 is 0 Å². The fourth-order valence-corrected chi connectivity index (χ4v) is 4.37. The molecular weight excluding hydrogens is 488 g/mol. The lowest BCUT2D eigenvalue weighted by Gasteiger charge is -2.24. The monoisotopic (exact) mass is 514 g/mol. The molecule has 0 atom stereocenters. The van der Waals surface area contributed by atoms with E-state index in [0.717, 1.165) is 22.0 Å². The van der Waals surface area contributed by atoms with Gasteiger partial charge < -0.3 is 9.80 Å². The van der Waals surface area contributed by atoms with E-state index in [4.69, 9.17) is 0 Å². The Hall–Kier alpha value is -5.17. The number of benzene rings is 4. The third-order valence-corrected chi connectivity index (χ3v) is 6.44. The number of carbonyl (C=O) groups excluding carboxylic acids is 3. The van der Waals surface area contributed by atoms with Gasteiger partial charge in [0.1, 0.15) is 0 Å². The maximum atomic E-state index is 13.6. The van der Waals surface area contributed by atoms with Gasteiger partial charge >= 0.3 is 0 Å². The van der Waals surface area contributed by atoms with Gasteiger partial charge in [0.15, 0.2) is 5.82 Å². The van der Waals surface area contributed by atoms with Crippen molar-refractivity contribution in [2.24, 2.45) is 0 Å². The van der Waals surface area contributed by atoms with Gasteiger partial charge in [-0.3, -0.25) is 14.4 Å². The highest BCUT2D eigenvalue weighted by molar-refractivity contribution is 6.11. The van der Waals surface area contributed by atoms with Crippen molar-refractivity contribution in [1.82, 2.24) is 9.97 Å². The molecule has 0 fully saturated rings. The van der Waals surface area contributed by atoms with Gasteiger partial charge in [-0.25, -0.2) is 9.97 Å². The Morgan fingerprint density at radius 3 is 2.15 bits per heavy atom. The molecule has 0 spiro atoms. The largest absolute Gasteiger partial charge is 0.311 e. The summed E-state index contributed by atoms with van der Waals surface area (Å²) in [7, 11) is 1.71. The summed E-state index contributed by atoms with van der Waals surface area (Å²) in [4.78, 5) is 50.8. The van der Waals surface area contributed by atoms with Crippen LogP contribution in [-0.4, -0.2) is 34.6 Å². The third kappa shape index (κ3) is 5.88. The van der Waals surface area contributed by atoms with Crippen molar-refractivity contribution in [3.63, 3.8) is 0 Å². The first-order valence-corrected chi connectivity index (χ1v) is 12.5. The second-order valence-corrected chi connectivity index (χ2v) is 9.08. The molecule has 5 aromatic rings. The molecule has 0 saturated carbocycles. The van der Waals surface area contributed by atoms with Gasteiger partial charge in [-0.1, -0.05) is 60.7 Å². The fraction of sp³-hybridized carbons (Fsp3) is 0.0938. The molecule has 0 bridgehead atoms. The van der Waals surface area contributed by atoms with Gasteiger partial charge in [-0.05, 0) is 58.8 Å². The summed E-state index contributed by atoms with van der Waals surface area (Å²) in [5.41, 5.74) is 2.59. The molecule has 5 rings (SSSR count). The molecule has 0 radical (unpaired) electrons. The van der Waals surface area contributed by atoms with Crippen LogP contribution >= 0.6 is 0 Å². The highest BCUT2D eigenvalue weighted by Gasteiger charge is 2.23. The molecule has 192 valence electrons. The van der Waals surface area contributed by atoms with Crippen LogP contribution in [0.25, 0.3) is 10.8 Å². The molecule has 2 amide bonds. The number of nitrogens with zero attached hydrogens (tertiary/aromatic N) is 4. The predicted octanol–water partition coefficient (Wildman–Crippen LogP) is 5.71. The van der Waals surface area contributed by atoms with Crippen molar-refractivity contribution in [3.05, 3.63) is 132 Å². The normalized spacial score (nSPS) is 10.7. The molecule has 1 heterocycles. The first kappa shape index (κ1) is 25.5. The summed E-state index contributed by atoms with van der Waals surface area (Å²) in [5.74, 6) is -1.11. The molecule has 0 aliphatic rings. The molecule has 7 nitrogen and oxygen atoms in total. The van der Waals surface area contributed by atoms with Gasteiger partial charge in [0.2, 0.25) is 11.7 Å². The number of aromatic nitrogens is 2. The molecule has 0 N–H and O–H groups in total. The molecule has 0 aliphatic carbocycles. The van der Waals surface area contributed by atoms with E-state index in [1.165, 1.54) is 17.3 Å². The lowest BCUT2D eigenvalue weighted by atomic mass is 10.1. The standard InChI is InChI=1S/C32H26N4O3/c1-35(27-12-3-2-4-13-27)32(39)26-11-7-14-28(20-26)36(30(38)21-29(37)31-33-17-8-18-34-31)22-23-15-16-24-9-5-6-10-25(24)19-23/h2-20H,21-22H2,1H3. The first-order chi connectivity index (χ1) is 19.0. The lowest BCUT2D eigenvalue weighted by molar-refractivity contribution is -0.117. The van der Waals surface area contributed by atoms with E-state index in [1.54, 1.807) is 42.3 Å². The van der Waals surface area contributed by atoms with Crippen LogP contribution in [0.15, 0.2) is 116 Å². The Morgan fingerprint density at radius 1 is 0.692 bits per heavy atom. The predicted molar refractivity (Wildman–Crippen MR) is 152 cm³/mol. The lowest BCUT2D eigenvalue weighted by Crippen LogP contribution is -2.33. The number of para-hydroxylation sites is 1. The number of amides is 2. The van der Waals surface area contributed by atoms with E-state index in [0.29, 0.717) is 11.3 Å². The maximum Gasteiger partial charge on any atom is 0.258 e. The molecule has 7 heteroatoms. The number of carbonyl (C=O) groups is 3. The molecular formula is C32H26N4O3. The van der Waals surface area contributed by atoms with Gasteiger partial charge in [0.05, 0.1) is 13.0 Å². The number of fused-ring (bicyclic) bond motifs is 1. The van der Waals surface area contributed by atoms with Crippen molar-refractivity contribution in [3.8, 4) is 0 Å². The Bertz CT molecular complexity index is 1640. The van der Waals surface area contributed by atoms with Crippen molar-refractivity contribution < 1.29 is 14.4 Å². The summed E-state index contributed by atoms with van der Waals surface area (Å²) in [6.07, 6.45) is 2.53. The Morgan fingerprint density at radius 2 is 1.38 bits per heavy atom. The highest BCUT2D eigenvalue weighted by atomic mass is 16.2. The zero-order chi connectivity index (χ0) is 27.2. The Kier molecular flexibility index (Phi) is 7.50. The topological polar surface area (TPSA) is 83.5 Å². The minimum atomic E-state index is -0.472. The van der Waals surface area contributed by atoms with Crippen LogP contribution < -0.4 is 9.80 Å². The zero-order valence-electron chi connectivity index (χ0n) is 21.4. The van der Waals surface area contributed by atoms with Gasteiger partial charge in [-0.15, -0.1) is 0 Å². The number of rotatable bonds is 8. The van der Waals surface area contributed by atoms with Gasteiger partial charge in [0.25, 0.3) is 5.91 Å². The number of hydrogen-bond acceptors (Lipinski definition) is 5. The van der Waals surface area contributed by atoms with E-state index in [-0.39, 0.29) is 18.3 Å². The Labute approximate surface area is 226 Å². The summed E-state index contributed by atoms with van der Waals surface area (Å²) in [6.45, 7) is 0.221. The van der Waals surface area contributed by atoms with E-state index < -0.39 is 18.1 Å². The SMILES string of the molecule is CN(C(=O)c1cccc(N(Cc2ccc3ccccc3c2)C(=O)CC(=O)c2ncccn2)c1)c1ccccc1. The molecule has 4 aromatic carbocycles. The summed E-state index contributed by atoms with van der Waals surface area (Å²) >= 11 is 0. The highest BCUT2D eigenvalue weighted by Crippen LogP contribution is 2.24. The molecule has 39 heavy (non-hydrogen) atoms. The fourth-order valence-electron chi connectivity index (χ4n) is 4.37. The summed E-state index contributed by atoms with van der Waals surface area (Å²) < 4.78 is 0. The van der Waals surface area contributed by atoms with Crippen LogP contribution in [0.2, 0.25) is 0 Å². The summed E-state index contributed by atoms with van der Waals surface area (Å²) in [5, 5.41) is 2.14. The summed E-state index contributed by atoms with van der Waals surface area (Å²) in [6, 6.07) is 31.8. The molecule has 1 aromatic heterocycles. The zero-order valence-corrected chi connectivity index (χ0v) is 21.4. The maximum absolute atomic E-state index is 13.6. The first-order valence-electron chi connectivity index (χ1n) is 12.5. The third-order valence-electron chi connectivity index (χ3n) is 6.44. The Balaban J connectivity index is 1.47. The quantitative estimate of drug-likeness (QED) is 0.196. The van der Waals surface area contributed by atoms with Crippen molar-refractivity contribution in [1.29, 1.82) is 0 Å². The average molecular weight is 515 g/mol. The number of hydrogen-bond donors (Lipinski definition) is 0. The van der Waals surface area contributed by atoms with Crippen LogP contribution in [0.3, 0.4) is 0 Å². The average Bonchev–Trinajstić information content (AvgIpc) is 3.00. The molecule has 0 aliphatic heterocycles. The van der Waals surface area contributed by atoms with Crippen LogP contribution in [0.1, 0.15) is 33.0 Å². The van der Waals surface area contributed by atoms with Crippen LogP contribution in [0.5, 0.6) is 0 Å². The number of anilines is 2. The van der Waals surface area contributed by atoms with Crippen molar-refractivity contribution in [2.75, 3.05) is 16.8 Å². The smallest absolute Gasteiger partial charge is 0.258 e. The minimum absolute atomic E-state index is 0.00933. The van der Waals surface area contributed by atoms with E-state index in [2.05, 4.69) is 9.97 Å². The minimum Gasteiger partial charge on any atom is -0.311 e. The number of ketones is 1.